The highest BCUT2D eigenvalue weighted by Crippen LogP contribution is 2.27. The van der Waals surface area contributed by atoms with Crippen LogP contribution in [0.25, 0.3) is 0 Å². The van der Waals surface area contributed by atoms with Crippen molar-refractivity contribution in [3.63, 3.8) is 0 Å². The summed E-state index contributed by atoms with van der Waals surface area (Å²) in [5, 5.41) is 3.05. The van der Waals surface area contributed by atoms with Crippen molar-refractivity contribution in [1.29, 1.82) is 0 Å². The van der Waals surface area contributed by atoms with E-state index in [2.05, 4.69) is 5.32 Å². The van der Waals surface area contributed by atoms with Crippen LogP contribution in [-0.4, -0.2) is 19.1 Å². The predicted octanol–water partition coefficient (Wildman–Crippen LogP) is 2.81. The Morgan fingerprint density at radius 2 is 2.05 bits per heavy atom. The molecule has 1 saturated carbocycles. The van der Waals surface area contributed by atoms with E-state index in [1.165, 1.54) is 0 Å². The second-order valence-electron chi connectivity index (χ2n) is 5.62. The minimum absolute atomic E-state index is 0. The molecule has 0 radical (unpaired) electrons. The maximum atomic E-state index is 12.1. The minimum Gasteiger partial charge on any atom is -0.497 e. The maximum Gasteiger partial charge on any atom is 0.220 e. The molecule has 0 aliphatic heterocycles. The lowest BCUT2D eigenvalue weighted by Crippen LogP contribution is -2.32. The molecule has 1 aromatic carbocycles. The summed E-state index contributed by atoms with van der Waals surface area (Å²) in [6.07, 6.45) is 3.81. The Balaban J connectivity index is 0.00000220. The van der Waals surface area contributed by atoms with Gasteiger partial charge < -0.3 is 15.8 Å². The van der Waals surface area contributed by atoms with Crippen molar-refractivity contribution in [2.45, 2.75) is 44.7 Å². The molecule has 0 heterocycles. The molecule has 1 unspecified atom stereocenters. The van der Waals surface area contributed by atoms with E-state index in [1.54, 1.807) is 7.11 Å². The molecule has 4 nitrogen and oxygen atoms in total. The van der Waals surface area contributed by atoms with Gasteiger partial charge in [0, 0.05) is 12.5 Å². The highest BCUT2D eigenvalue weighted by Gasteiger charge is 2.26. The summed E-state index contributed by atoms with van der Waals surface area (Å²) in [5.41, 5.74) is 7.09. The van der Waals surface area contributed by atoms with Gasteiger partial charge >= 0.3 is 0 Å². The summed E-state index contributed by atoms with van der Waals surface area (Å²) in [6.45, 7) is 1.99. The lowest BCUT2D eigenvalue weighted by molar-refractivity contribution is -0.122. The first-order valence-electron chi connectivity index (χ1n) is 7.29. The highest BCUT2D eigenvalue weighted by molar-refractivity contribution is 5.85. The van der Waals surface area contributed by atoms with Crippen molar-refractivity contribution < 1.29 is 9.53 Å². The standard InChI is InChI=1S/C16H24N2O2.ClH/c1-11(12-6-8-14(20-2)9-7-12)18-16(19)10-13-4-3-5-15(13)17;/h6-9,11,13,15H,3-5,10,17H2,1-2H3,(H,18,19);1H/t11?,13-,15+;/m0./s1. The molecule has 1 aliphatic rings. The maximum absolute atomic E-state index is 12.1. The molecule has 3 N–H and O–H groups in total. The average Bonchev–Trinajstić information content (AvgIpc) is 2.84. The van der Waals surface area contributed by atoms with E-state index in [0.29, 0.717) is 12.3 Å². The van der Waals surface area contributed by atoms with Gasteiger partial charge in [0.1, 0.15) is 5.75 Å². The van der Waals surface area contributed by atoms with E-state index in [1.807, 2.05) is 31.2 Å². The number of halogens is 1. The monoisotopic (exact) mass is 312 g/mol. The van der Waals surface area contributed by atoms with Gasteiger partial charge in [-0.2, -0.15) is 0 Å². The van der Waals surface area contributed by atoms with Gasteiger partial charge in [-0.25, -0.2) is 0 Å². The van der Waals surface area contributed by atoms with Crippen molar-refractivity contribution in [2.75, 3.05) is 7.11 Å². The molecular weight excluding hydrogens is 288 g/mol. The molecular formula is C16H25ClN2O2. The number of nitrogens with two attached hydrogens (primary N) is 1. The zero-order valence-corrected chi connectivity index (χ0v) is 13.5. The number of amides is 1. The summed E-state index contributed by atoms with van der Waals surface area (Å²) in [5.74, 6) is 1.26. The molecule has 0 bridgehead atoms. The van der Waals surface area contributed by atoms with Crippen molar-refractivity contribution in [3.8, 4) is 5.75 Å². The molecule has 1 aromatic rings. The number of rotatable bonds is 5. The lowest BCUT2D eigenvalue weighted by Gasteiger charge is -2.18. The number of ether oxygens (including phenoxy) is 1. The second-order valence-corrected chi connectivity index (χ2v) is 5.62. The summed E-state index contributed by atoms with van der Waals surface area (Å²) in [7, 11) is 1.64. The van der Waals surface area contributed by atoms with Crippen molar-refractivity contribution in [2.24, 2.45) is 11.7 Å². The molecule has 1 aliphatic carbocycles. The summed E-state index contributed by atoms with van der Waals surface area (Å²) < 4.78 is 5.13. The molecule has 1 fully saturated rings. The van der Waals surface area contributed by atoms with Crippen molar-refractivity contribution >= 4 is 18.3 Å². The van der Waals surface area contributed by atoms with Gasteiger partial charge in [-0.05, 0) is 43.4 Å². The van der Waals surface area contributed by atoms with E-state index in [-0.39, 0.29) is 30.4 Å². The number of nitrogens with one attached hydrogen (secondary N) is 1. The zero-order valence-electron chi connectivity index (χ0n) is 12.7. The van der Waals surface area contributed by atoms with Crippen LogP contribution in [-0.2, 0) is 4.79 Å². The van der Waals surface area contributed by atoms with E-state index in [9.17, 15) is 4.79 Å². The second kappa shape index (κ2) is 8.25. The normalized spacial score (nSPS) is 22.2. The van der Waals surface area contributed by atoms with Crippen LogP contribution in [0.5, 0.6) is 5.75 Å². The molecule has 0 aromatic heterocycles. The highest BCUT2D eigenvalue weighted by atomic mass is 35.5. The van der Waals surface area contributed by atoms with Crippen LogP contribution in [0.2, 0.25) is 0 Å². The third-order valence-corrected chi connectivity index (χ3v) is 4.16. The van der Waals surface area contributed by atoms with Crippen molar-refractivity contribution in [1.82, 2.24) is 5.32 Å². The van der Waals surface area contributed by atoms with Crippen LogP contribution in [0.4, 0.5) is 0 Å². The Labute approximate surface area is 132 Å². The number of carbonyl (C=O) groups is 1. The van der Waals surface area contributed by atoms with Crippen LogP contribution >= 0.6 is 12.4 Å². The number of carbonyl (C=O) groups excluding carboxylic acids is 1. The Hall–Kier alpha value is -1.26. The first-order valence-corrected chi connectivity index (χ1v) is 7.29. The quantitative estimate of drug-likeness (QED) is 0.878. The van der Waals surface area contributed by atoms with Crippen LogP contribution in [0.15, 0.2) is 24.3 Å². The zero-order chi connectivity index (χ0) is 14.5. The molecule has 118 valence electrons. The number of benzene rings is 1. The summed E-state index contributed by atoms with van der Waals surface area (Å²) >= 11 is 0. The van der Waals surface area contributed by atoms with Gasteiger partial charge in [0.2, 0.25) is 5.91 Å². The fraction of sp³-hybridized carbons (Fsp3) is 0.562. The Bertz CT molecular complexity index is 450. The Kier molecular flexibility index (Phi) is 6.99. The topological polar surface area (TPSA) is 64.3 Å². The molecule has 1 amide bonds. The Morgan fingerprint density at radius 1 is 1.38 bits per heavy atom. The van der Waals surface area contributed by atoms with Crippen molar-refractivity contribution in [3.05, 3.63) is 29.8 Å². The third kappa shape index (κ3) is 4.90. The van der Waals surface area contributed by atoms with Gasteiger partial charge in [0.25, 0.3) is 0 Å². The Morgan fingerprint density at radius 3 is 2.57 bits per heavy atom. The van der Waals surface area contributed by atoms with Crippen LogP contribution in [0, 0.1) is 5.92 Å². The van der Waals surface area contributed by atoms with E-state index in [4.69, 9.17) is 10.5 Å². The molecule has 0 spiro atoms. The summed E-state index contributed by atoms with van der Waals surface area (Å²) in [6, 6.07) is 7.97. The van der Waals surface area contributed by atoms with Gasteiger partial charge in [0.05, 0.1) is 13.2 Å². The van der Waals surface area contributed by atoms with Gasteiger partial charge in [-0.15, -0.1) is 12.4 Å². The number of hydrogen-bond donors (Lipinski definition) is 2. The SMILES string of the molecule is COc1ccc(C(C)NC(=O)C[C@@H]2CCC[C@H]2N)cc1.Cl. The average molecular weight is 313 g/mol. The van der Waals surface area contributed by atoms with Crippen LogP contribution < -0.4 is 15.8 Å². The first-order chi connectivity index (χ1) is 9.60. The summed E-state index contributed by atoms with van der Waals surface area (Å²) in [4.78, 5) is 12.1. The van der Waals surface area contributed by atoms with Crippen LogP contribution in [0.1, 0.15) is 44.2 Å². The van der Waals surface area contributed by atoms with E-state index in [0.717, 1.165) is 30.6 Å². The number of hydrogen-bond acceptors (Lipinski definition) is 3. The third-order valence-electron chi connectivity index (χ3n) is 4.16. The predicted molar refractivity (Wildman–Crippen MR) is 86.7 cm³/mol. The molecule has 5 heteroatoms. The molecule has 21 heavy (non-hydrogen) atoms. The molecule has 3 atom stereocenters. The van der Waals surface area contributed by atoms with Gasteiger partial charge in [0.15, 0.2) is 0 Å². The molecule has 0 saturated heterocycles. The first kappa shape index (κ1) is 17.8. The fourth-order valence-electron chi connectivity index (χ4n) is 2.83. The van der Waals surface area contributed by atoms with Crippen LogP contribution in [0.3, 0.4) is 0 Å². The van der Waals surface area contributed by atoms with E-state index >= 15 is 0 Å². The largest absolute Gasteiger partial charge is 0.497 e. The lowest BCUT2D eigenvalue weighted by atomic mass is 9.99. The van der Waals surface area contributed by atoms with Gasteiger partial charge in [-0.3, -0.25) is 4.79 Å². The minimum atomic E-state index is 0. The fourth-order valence-corrected chi connectivity index (χ4v) is 2.83. The smallest absolute Gasteiger partial charge is 0.220 e. The van der Waals surface area contributed by atoms with E-state index < -0.39 is 0 Å². The van der Waals surface area contributed by atoms with Gasteiger partial charge in [-0.1, -0.05) is 18.6 Å². The number of methoxy groups -OCH3 is 1. The molecule has 2 rings (SSSR count).